The summed E-state index contributed by atoms with van der Waals surface area (Å²) in [7, 11) is 0. The van der Waals surface area contributed by atoms with Crippen molar-refractivity contribution >= 4 is 18.1 Å². The Kier molecular flexibility index (Phi) is 3.18. The summed E-state index contributed by atoms with van der Waals surface area (Å²) in [6, 6.07) is 13.9. The van der Waals surface area contributed by atoms with Crippen molar-refractivity contribution in [1.29, 1.82) is 0 Å². The molecule has 7 heteroatoms. The topological polar surface area (TPSA) is 105 Å². The molecule has 2 aliphatic rings. The quantitative estimate of drug-likeness (QED) is 0.469. The summed E-state index contributed by atoms with van der Waals surface area (Å²) in [5.41, 5.74) is 1.11. The van der Waals surface area contributed by atoms with E-state index in [2.05, 4.69) is 5.32 Å². The Morgan fingerprint density at radius 3 is 2.11 bits per heavy atom. The number of fused-ring (bicyclic) bond motifs is 6. The fraction of sp³-hybridized carbons (Fsp3) is 0.0476. The highest BCUT2D eigenvalue weighted by Gasteiger charge is 2.53. The lowest BCUT2D eigenvalue weighted by molar-refractivity contribution is -0.105. The molecule has 2 heterocycles. The van der Waals surface area contributed by atoms with Crippen LogP contribution in [0.3, 0.4) is 0 Å². The van der Waals surface area contributed by atoms with Crippen LogP contribution in [0.5, 0.6) is 23.0 Å². The highest BCUT2D eigenvalue weighted by Crippen LogP contribution is 2.57. The minimum Gasteiger partial charge on any atom is -0.508 e. The molecule has 5 rings (SSSR count). The van der Waals surface area contributed by atoms with E-state index in [1.165, 1.54) is 24.3 Å². The zero-order valence-corrected chi connectivity index (χ0v) is 14.3. The number of phenolic OH excluding ortho intramolecular Hbond substituents is 2. The lowest BCUT2D eigenvalue weighted by Gasteiger charge is -2.36. The molecule has 2 aliphatic heterocycles. The van der Waals surface area contributed by atoms with E-state index in [-0.39, 0.29) is 11.5 Å². The number of phenols is 2. The molecule has 138 valence electrons. The first kappa shape index (κ1) is 16.2. The fourth-order valence-corrected chi connectivity index (χ4v) is 3.86. The van der Waals surface area contributed by atoms with Crippen LogP contribution in [0.4, 0.5) is 5.69 Å². The third kappa shape index (κ3) is 2.04. The van der Waals surface area contributed by atoms with E-state index in [1.54, 1.807) is 30.3 Å². The van der Waals surface area contributed by atoms with Crippen molar-refractivity contribution in [3.05, 3.63) is 76.9 Å². The van der Waals surface area contributed by atoms with Gasteiger partial charge in [-0.15, -0.1) is 0 Å². The van der Waals surface area contributed by atoms with Gasteiger partial charge in [0.05, 0.1) is 5.56 Å². The first-order valence-electron chi connectivity index (χ1n) is 8.46. The van der Waals surface area contributed by atoms with E-state index >= 15 is 0 Å². The predicted molar refractivity (Wildman–Crippen MR) is 97.7 cm³/mol. The van der Waals surface area contributed by atoms with Crippen molar-refractivity contribution < 1.29 is 29.3 Å². The highest BCUT2D eigenvalue weighted by molar-refractivity contribution is 5.98. The lowest BCUT2D eigenvalue weighted by atomic mass is 9.77. The first-order valence-corrected chi connectivity index (χ1v) is 8.46. The average Bonchev–Trinajstić information content (AvgIpc) is 2.94. The zero-order valence-electron chi connectivity index (χ0n) is 14.3. The van der Waals surface area contributed by atoms with Gasteiger partial charge in [0.1, 0.15) is 23.0 Å². The largest absolute Gasteiger partial charge is 0.508 e. The Balaban J connectivity index is 1.87. The molecule has 0 aliphatic carbocycles. The molecule has 0 atom stereocenters. The van der Waals surface area contributed by atoms with Crippen LogP contribution in [-0.2, 0) is 15.1 Å². The van der Waals surface area contributed by atoms with Gasteiger partial charge in [-0.1, -0.05) is 0 Å². The maximum absolute atomic E-state index is 12.7. The first-order chi connectivity index (χ1) is 13.5. The Hall–Kier alpha value is -4.00. The molecule has 1 spiro atoms. The third-order valence-corrected chi connectivity index (χ3v) is 5.00. The number of amides is 1. The van der Waals surface area contributed by atoms with Gasteiger partial charge < -0.3 is 25.0 Å². The number of anilines is 1. The van der Waals surface area contributed by atoms with Gasteiger partial charge in [-0.3, -0.25) is 4.79 Å². The number of aromatic hydroxyl groups is 2. The van der Waals surface area contributed by atoms with E-state index < -0.39 is 11.6 Å². The fourth-order valence-electron chi connectivity index (χ4n) is 3.86. The van der Waals surface area contributed by atoms with Crippen LogP contribution in [0, 0.1) is 0 Å². The summed E-state index contributed by atoms with van der Waals surface area (Å²) in [5, 5.41) is 22.4. The second-order valence-electron chi connectivity index (χ2n) is 6.56. The van der Waals surface area contributed by atoms with Crippen molar-refractivity contribution in [3.63, 3.8) is 0 Å². The van der Waals surface area contributed by atoms with Gasteiger partial charge in [0.25, 0.3) is 0 Å². The molecule has 0 fully saturated rings. The molecule has 0 unspecified atom stereocenters. The van der Waals surface area contributed by atoms with Gasteiger partial charge in [-0.2, -0.15) is 0 Å². The van der Waals surface area contributed by atoms with Crippen LogP contribution >= 0.6 is 0 Å². The SMILES string of the molecule is O=CNc1ccc2c(c1)C1(OC2=O)c2ccc(O)cc2Oc2cc(O)ccc21. The maximum atomic E-state index is 12.7. The molecule has 0 radical (unpaired) electrons. The van der Waals surface area contributed by atoms with E-state index in [4.69, 9.17) is 9.47 Å². The summed E-state index contributed by atoms with van der Waals surface area (Å²) in [5.74, 6) is 0.0458. The number of ether oxygens (including phenoxy) is 2. The number of rotatable bonds is 2. The lowest BCUT2D eigenvalue weighted by Crippen LogP contribution is -2.33. The number of hydrogen-bond acceptors (Lipinski definition) is 6. The molecule has 0 saturated heterocycles. The van der Waals surface area contributed by atoms with Gasteiger partial charge in [0.2, 0.25) is 6.41 Å². The van der Waals surface area contributed by atoms with Crippen LogP contribution in [0.1, 0.15) is 27.0 Å². The number of esters is 1. The average molecular weight is 375 g/mol. The van der Waals surface area contributed by atoms with Crippen LogP contribution in [-0.4, -0.2) is 22.6 Å². The Morgan fingerprint density at radius 2 is 1.50 bits per heavy atom. The van der Waals surface area contributed by atoms with Crippen molar-refractivity contribution in [2.75, 3.05) is 5.32 Å². The van der Waals surface area contributed by atoms with Crippen LogP contribution in [0.2, 0.25) is 0 Å². The number of benzene rings is 3. The van der Waals surface area contributed by atoms with Crippen LogP contribution in [0.15, 0.2) is 54.6 Å². The van der Waals surface area contributed by atoms with Crippen LogP contribution < -0.4 is 10.1 Å². The third-order valence-electron chi connectivity index (χ3n) is 5.00. The molecule has 7 nitrogen and oxygen atoms in total. The molecular weight excluding hydrogens is 362 g/mol. The van der Waals surface area contributed by atoms with Gasteiger partial charge >= 0.3 is 5.97 Å². The molecular formula is C21H13NO6. The Labute approximate surface area is 158 Å². The van der Waals surface area contributed by atoms with E-state index in [1.807, 2.05) is 0 Å². The number of carbonyl (C=O) groups is 2. The number of hydrogen-bond donors (Lipinski definition) is 3. The molecule has 0 bridgehead atoms. The van der Waals surface area contributed by atoms with Gasteiger partial charge in [-0.05, 0) is 42.5 Å². The van der Waals surface area contributed by atoms with Crippen molar-refractivity contribution in [3.8, 4) is 23.0 Å². The number of nitrogens with one attached hydrogen (secondary N) is 1. The van der Waals surface area contributed by atoms with E-state index in [9.17, 15) is 19.8 Å². The summed E-state index contributed by atoms with van der Waals surface area (Å²) >= 11 is 0. The molecule has 0 saturated carbocycles. The van der Waals surface area contributed by atoms with Gasteiger partial charge in [-0.25, -0.2) is 4.79 Å². The molecule has 1 amide bonds. The summed E-state index contributed by atoms with van der Waals surface area (Å²) < 4.78 is 11.8. The monoisotopic (exact) mass is 375 g/mol. The highest BCUT2D eigenvalue weighted by atomic mass is 16.6. The molecule has 3 N–H and O–H groups in total. The predicted octanol–water partition coefficient (Wildman–Crippen LogP) is 3.23. The zero-order chi connectivity index (χ0) is 19.5. The minimum atomic E-state index is -1.34. The second-order valence-corrected chi connectivity index (χ2v) is 6.56. The summed E-state index contributed by atoms with van der Waals surface area (Å²) in [6.07, 6.45) is 0.550. The molecule has 28 heavy (non-hydrogen) atoms. The molecule has 3 aromatic rings. The summed E-state index contributed by atoms with van der Waals surface area (Å²) in [6.45, 7) is 0. The van der Waals surface area contributed by atoms with E-state index in [0.717, 1.165) is 0 Å². The van der Waals surface area contributed by atoms with Crippen LogP contribution in [0.25, 0.3) is 0 Å². The molecule has 0 aromatic heterocycles. The standard InChI is InChI=1S/C21H13NO6/c23-10-22-11-1-4-14-17(7-11)21(28-20(14)26)15-5-2-12(24)8-18(15)27-19-9-13(25)3-6-16(19)21/h1-10,24-25H,(H,22,23). The molecule has 3 aromatic carbocycles. The second kappa shape index (κ2) is 5.50. The van der Waals surface area contributed by atoms with Gasteiger partial charge in [0, 0.05) is 34.5 Å². The van der Waals surface area contributed by atoms with Crippen molar-refractivity contribution in [2.24, 2.45) is 0 Å². The smallest absolute Gasteiger partial charge is 0.340 e. The normalized spacial score (nSPS) is 15.1. The summed E-state index contributed by atoms with van der Waals surface area (Å²) in [4.78, 5) is 23.6. The van der Waals surface area contributed by atoms with Gasteiger partial charge in [0.15, 0.2) is 5.60 Å². The maximum Gasteiger partial charge on any atom is 0.340 e. The Morgan fingerprint density at radius 1 is 0.857 bits per heavy atom. The van der Waals surface area contributed by atoms with Crippen molar-refractivity contribution in [2.45, 2.75) is 5.60 Å². The van der Waals surface area contributed by atoms with E-state index in [0.29, 0.717) is 45.9 Å². The number of carbonyl (C=O) groups excluding carboxylic acids is 2. The minimum absolute atomic E-state index is 0.0153. The Bertz CT molecular complexity index is 1120. The van der Waals surface area contributed by atoms with Crippen molar-refractivity contribution in [1.82, 2.24) is 0 Å².